The van der Waals surface area contributed by atoms with Gasteiger partial charge in [0.15, 0.2) is 0 Å². The molecule has 0 fully saturated rings. The summed E-state index contributed by atoms with van der Waals surface area (Å²) in [5, 5.41) is 4.41. The lowest BCUT2D eigenvalue weighted by molar-refractivity contribution is 0.415. The van der Waals surface area contributed by atoms with E-state index in [1.54, 1.807) is 0 Å². The Morgan fingerprint density at radius 3 is 2.38 bits per heavy atom. The molecule has 1 heterocycles. The largest absolute Gasteiger partial charge is 0.358 e. The highest BCUT2D eigenvalue weighted by molar-refractivity contribution is 5.49. The molecule has 0 aliphatic carbocycles. The monoisotopic (exact) mass is 225 g/mol. The van der Waals surface area contributed by atoms with E-state index in [4.69, 9.17) is 5.73 Å². The Labute approximate surface area is 97.8 Å². The van der Waals surface area contributed by atoms with E-state index in [0.717, 1.165) is 30.2 Å². The van der Waals surface area contributed by atoms with E-state index in [9.17, 15) is 0 Å². The number of rotatable bonds is 5. The van der Waals surface area contributed by atoms with Crippen molar-refractivity contribution in [3.63, 3.8) is 0 Å². The van der Waals surface area contributed by atoms with Crippen LogP contribution in [0.5, 0.6) is 0 Å². The zero-order valence-electron chi connectivity index (χ0n) is 11.0. The molecule has 0 atom stereocenters. The average molecular weight is 225 g/mol. The van der Waals surface area contributed by atoms with Crippen LogP contribution in [0.25, 0.3) is 0 Å². The van der Waals surface area contributed by atoms with Gasteiger partial charge in [-0.3, -0.25) is 4.68 Å². The quantitative estimate of drug-likeness (QED) is 0.777. The normalized spacial score (nSPS) is 11.2. The Kier molecular flexibility index (Phi) is 4.32. The molecule has 1 rings (SSSR count). The molecule has 0 spiro atoms. The molecule has 0 saturated heterocycles. The minimum atomic E-state index is 0.543. The Morgan fingerprint density at radius 2 is 1.88 bits per heavy atom. The molecule has 1 aromatic rings. The fraction of sp³-hybridized carbons (Fsp3) is 0.727. The molecular formula is C11H23N5. The third-order valence-electron chi connectivity index (χ3n) is 2.76. The predicted octanol–water partition coefficient (Wildman–Crippen LogP) is 0.185. The second-order valence-corrected chi connectivity index (χ2v) is 4.44. The topological polar surface area (TPSA) is 50.3 Å². The van der Waals surface area contributed by atoms with Crippen LogP contribution in [-0.4, -0.2) is 48.9 Å². The molecule has 2 N–H and O–H groups in total. The zero-order valence-corrected chi connectivity index (χ0v) is 11.0. The number of likely N-dealkylation sites (N-methyl/N-ethyl adjacent to an activating group) is 2. The fourth-order valence-electron chi connectivity index (χ4n) is 1.86. The molecule has 16 heavy (non-hydrogen) atoms. The minimum absolute atomic E-state index is 0.543. The van der Waals surface area contributed by atoms with Crippen LogP contribution in [-0.2, 0) is 13.6 Å². The lowest BCUT2D eigenvalue weighted by Gasteiger charge is -2.22. The minimum Gasteiger partial charge on any atom is -0.358 e. The van der Waals surface area contributed by atoms with Gasteiger partial charge in [0, 0.05) is 39.3 Å². The van der Waals surface area contributed by atoms with Gasteiger partial charge in [-0.05, 0) is 21.0 Å². The molecule has 5 nitrogen and oxygen atoms in total. The van der Waals surface area contributed by atoms with Gasteiger partial charge in [0.05, 0.1) is 5.69 Å². The van der Waals surface area contributed by atoms with Crippen LogP contribution in [0.3, 0.4) is 0 Å². The van der Waals surface area contributed by atoms with Crippen molar-refractivity contribution in [3.8, 4) is 0 Å². The molecule has 1 aromatic heterocycles. The summed E-state index contributed by atoms with van der Waals surface area (Å²) in [6.07, 6.45) is 0. The van der Waals surface area contributed by atoms with E-state index in [1.165, 1.54) is 0 Å². The summed E-state index contributed by atoms with van der Waals surface area (Å²) < 4.78 is 1.91. The maximum atomic E-state index is 5.77. The highest BCUT2D eigenvalue weighted by Crippen LogP contribution is 2.21. The molecular weight excluding hydrogens is 202 g/mol. The molecule has 0 aliphatic rings. The van der Waals surface area contributed by atoms with Crippen LogP contribution >= 0.6 is 0 Å². The smallest absolute Gasteiger partial charge is 0.131 e. The molecule has 92 valence electrons. The first-order valence-corrected chi connectivity index (χ1v) is 5.55. The van der Waals surface area contributed by atoms with Crippen molar-refractivity contribution in [3.05, 3.63) is 11.3 Å². The third kappa shape index (κ3) is 2.74. The molecule has 0 radical (unpaired) electrons. The SMILES string of the molecule is Cc1nn(C)c(N(C)CCN(C)C)c1CN. The number of nitrogens with zero attached hydrogens (tertiary/aromatic N) is 4. The summed E-state index contributed by atoms with van der Waals surface area (Å²) in [6, 6.07) is 0. The Morgan fingerprint density at radius 1 is 1.25 bits per heavy atom. The second-order valence-electron chi connectivity index (χ2n) is 4.44. The fourth-order valence-corrected chi connectivity index (χ4v) is 1.86. The Balaban J connectivity index is 2.85. The van der Waals surface area contributed by atoms with Crippen molar-refractivity contribution in [2.45, 2.75) is 13.5 Å². The first-order valence-electron chi connectivity index (χ1n) is 5.55. The van der Waals surface area contributed by atoms with E-state index in [-0.39, 0.29) is 0 Å². The van der Waals surface area contributed by atoms with Crippen LogP contribution in [0.2, 0.25) is 0 Å². The van der Waals surface area contributed by atoms with Gasteiger partial charge in [-0.1, -0.05) is 0 Å². The summed E-state index contributed by atoms with van der Waals surface area (Å²) in [4.78, 5) is 4.38. The number of anilines is 1. The molecule has 0 unspecified atom stereocenters. The van der Waals surface area contributed by atoms with Gasteiger partial charge in [-0.2, -0.15) is 5.10 Å². The molecule has 0 bridgehead atoms. The summed E-state index contributed by atoms with van der Waals surface area (Å²) >= 11 is 0. The molecule has 0 amide bonds. The molecule has 5 heteroatoms. The van der Waals surface area contributed by atoms with Gasteiger partial charge < -0.3 is 15.5 Å². The lowest BCUT2D eigenvalue weighted by Crippen LogP contribution is -2.30. The standard InChI is InChI=1S/C11H23N5/c1-9-10(8-12)11(16(5)13-9)15(4)7-6-14(2)3/h6-8,12H2,1-5H3. The maximum Gasteiger partial charge on any atom is 0.131 e. The second kappa shape index (κ2) is 5.32. The van der Waals surface area contributed by atoms with Crippen molar-refractivity contribution in [1.82, 2.24) is 14.7 Å². The van der Waals surface area contributed by atoms with Gasteiger partial charge in [-0.25, -0.2) is 0 Å². The number of aryl methyl sites for hydroxylation is 2. The average Bonchev–Trinajstić information content (AvgIpc) is 2.49. The lowest BCUT2D eigenvalue weighted by atomic mass is 10.2. The van der Waals surface area contributed by atoms with Crippen LogP contribution in [0.4, 0.5) is 5.82 Å². The van der Waals surface area contributed by atoms with Gasteiger partial charge in [-0.15, -0.1) is 0 Å². The number of hydrogen-bond acceptors (Lipinski definition) is 4. The van der Waals surface area contributed by atoms with Crippen molar-refractivity contribution in [1.29, 1.82) is 0 Å². The predicted molar refractivity (Wildman–Crippen MR) is 67.7 cm³/mol. The van der Waals surface area contributed by atoms with Gasteiger partial charge in [0.2, 0.25) is 0 Å². The zero-order chi connectivity index (χ0) is 12.3. The highest BCUT2D eigenvalue weighted by Gasteiger charge is 2.15. The number of aromatic nitrogens is 2. The summed E-state index contributed by atoms with van der Waals surface area (Å²) in [6.45, 7) is 4.54. The van der Waals surface area contributed by atoms with E-state index in [0.29, 0.717) is 6.54 Å². The van der Waals surface area contributed by atoms with E-state index >= 15 is 0 Å². The Bertz CT molecular complexity index is 342. The van der Waals surface area contributed by atoms with Gasteiger partial charge in [0.25, 0.3) is 0 Å². The van der Waals surface area contributed by atoms with E-state index in [1.807, 2.05) is 18.7 Å². The summed E-state index contributed by atoms with van der Waals surface area (Å²) in [5.41, 5.74) is 7.94. The van der Waals surface area contributed by atoms with Crippen molar-refractivity contribution < 1.29 is 0 Å². The molecule has 0 aliphatic heterocycles. The van der Waals surface area contributed by atoms with Crippen LogP contribution in [0, 0.1) is 6.92 Å². The summed E-state index contributed by atoms with van der Waals surface area (Å²) in [7, 11) is 8.20. The van der Waals surface area contributed by atoms with E-state index in [2.05, 4.69) is 36.0 Å². The van der Waals surface area contributed by atoms with Crippen LogP contribution in [0.15, 0.2) is 0 Å². The number of hydrogen-bond donors (Lipinski definition) is 1. The van der Waals surface area contributed by atoms with Crippen molar-refractivity contribution >= 4 is 5.82 Å². The van der Waals surface area contributed by atoms with Crippen LogP contribution in [0.1, 0.15) is 11.3 Å². The van der Waals surface area contributed by atoms with E-state index < -0.39 is 0 Å². The number of nitrogens with two attached hydrogens (primary N) is 1. The van der Waals surface area contributed by atoms with Crippen molar-refractivity contribution in [2.75, 3.05) is 39.1 Å². The molecule has 0 saturated carbocycles. The van der Waals surface area contributed by atoms with Crippen LogP contribution < -0.4 is 10.6 Å². The molecule has 0 aromatic carbocycles. The highest BCUT2D eigenvalue weighted by atomic mass is 15.4. The Hall–Kier alpha value is -1.07. The maximum absolute atomic E-state index is 5.77. The summed E-state index contributed by atoms with van der Waals surface area (Å²) in [5.74, 6) is 1.13. The van der Waals surface area contributed by atoms with Gasteiger partial charge in [0.1, 0.15) is 5.82 Å². The third-order valence-corrected chi connectivity index (χ3v) is 2.76. The van der Waals surface area contributed by atoms with Crippen molar-refractivity contribution in [2.24, 2.45) is 12.8 Å². The first kappa shape index (κ1) is 13.0. The first-order chi connectivity index (χ1) is 7.47. The van der Waals surface area contributed by atoms with Gasteiger partial charge >= 0.3 is 0 Å².